The Labute approximate surface area is 145 Å². The fourth-order valence-electron chi connectivity index (χ4n) is 3.30. The number of halogens is 1. The zero-order valence-electron chi connectivity index (χ0n) is 13.3. The van der Waals surface area contributed by atoms with Crippen molar-refractivity contribution in [3.05, 3.63) is 52.3 Å². The first-order valence-corrected chi connectivity index (χ1v) is 8.04. The van der Waals surface area contributed by atoms with E-state index in [0.29, 0.717) is 30.2 Å². The summed E-state index contributed by atoms with van der Waals surface area (Å²) < 4.78 is 1.73. The van der Waals surface area contributed by atoms with E-state index in [9.17, 15) is 10.1 Å². The summed E-state index contributed by atoms with van der Waals surface area (Å²) in [4.78, 5) is 14.0. The predicted molar refractivity (Wildman–Crippen MR) is 90.1 cm³/mol. The maximum atomic E-state index is 11.9. The molecule has 2 heterocycles. The molecule has 0 unspecified atom stereocenters. The first-order chi connectivity index (χ1) is 11.5. The lowest BCUT2D eigenvalue weighted by atomic mass is 9.90. The number of hydrogen-bond donors (Lipinski definition) is 1. The molecule has 7 heteroatoms. The quantitative estimate of drug-likeness (QED) is 0.914. The third kappa shape index (κ3) is 3.28. The van der Waals surface area contributed by atoms with E-state index in [1.54, 1.807) is 23.0 Å². The smallest absolute Gasteiger partial charge is 0.222 e. The number of nitriles is 1. The van der Waals surface area contributed by atoms with Crippen LogP contribution in [0.15, 0.2) is 30.6 Å². The van der Waals surface area contributed by atoms with Crippen molar-refractivity contribution in [3.8, 4) is 6.07 Å². The molecule has 1 aliphatic rings. The summed E-state index contributed by atoms with van der Waals surface area (Å²) >= 11 is 5.95. The Balaban J connectivity index is 1.81. The molecule has 2 aromatic rings. The predicted octanol–water partition coefficient (Wildman–Crippen LogP) is 1.65. The molecule has 6 nitrogen and oxygen atoms in total. The standard InChI is InChI=1S/C17H18ClN5O/c1-22-7-13(6-21-22)15-9-23(10-16(15)17(20)24)8-11-2-3-14(18)4-12(11)5-19/h2-4,6-7,15-16H,8-10H2,1H3,(H2,20,24)/t15-,16+/m1/s1. The van der Waals surface area contributed by atoms with E-state index in [4.69, 9.17) is 17.3 Å². The van der Waals surface area contributed by atoms with Crippen LogP contribution in [-0.2, 0) is 18.4 Å². The van der Waals surface area contributed by atoms with E-state index >= 15 is 0 Å². The molecule has 0 aliphatic carbocycles. The Hall–Kier alpha value is -2.36. The van der Waals surface area contributed by atoms with Crippen LogP contribution < -0.4 is 5.73 Å². The van der Waals surface area contributed by atoms with Gasteiger partial charge in [0, 0.05) is 43.8 Å². The average molecular weight is 344 g/mol. The van der Waals surface area contributed by atoms with Crippen molar-refractivity contribution in [1.82, 2.24) is 14.7 Å². The van der Waals surface area contributed by atoms with Gasteiger partial charge >= 0.3 is 0 Å². The summed E-state index contributed by atoms with van der Waals surface area (Å²) in [7, 11) is 1.85. The zero-order chi connectivity index (χ0) is 17.3. The highest BCUT2D eigenvalue weighted by molar-refractivity contribution is 6.30. The Morgan fingerprint density at radius 3 is 2.92 bits per heavy atom. The average Bonchev–Trinajstić information content (AvgIpc) is 3.15. The van der Waals surface area contributed by atoms with Gasteiger partial charge in [-0.2, -0.15) is 10.4 Å². The Kier molecular flexibility index (Phi) is 4.56. The normalized spacial score (nSPS) is 20.9. The lowest BCUT2D eigenvalue weighted by Gasteiger charge is -2.16. The maximum absolute atomic E-state index is 11.9. The van der Waals surface area contributed by atoms with Crippen molar-refractivity contribution in [2.75, 3.05) is 13.1 Å². The van der Waals surface area contributed by atoms with Crippen LogP contribution in [0.2, 0.25) is 5.02 Å². The van der Waals surface area contributed by atoms with Crippen LogP contribution in [0.5, 0.6) is 0 Å². The van der Waals surface area contributed by atoms with Crippen molar-refractivity contribution in [3.63, 3.8) is 0 Å². The minimum atomic E-state index is -0.303. The van der Waals surface area contributed by atoms with Crippen molar-refractivity contribution in [2.45, 2.75) is 12.5 Å². The van der Waals surface area contributed by atoms with Crippen LogP contribution in [0.1, 0.15) is 22.6 Å². The number of aryl methyl sites for hydroxylation is 1. The first-order valence-electron chi connectivity index (χ1n) is 7.66. The van der Waals surface area contributed by atoms with Crippen LogP contribution in [0.25, 0.3) is 0 Å². The van der Waals surface area contributed by atoms with Gasteiger partial charge in [0.15, 0.2) is 0 Å². The molecule has 1 aliphatic heterocycles. The highest BCUT2D eigenvalue weighted by atomic mass is 35.5. The molecule has 124 valence electrons. The SMILES string of the molecule is Cn1cc([C@H]2CN(Cc3ccc(Cl)cc3C#N)C[C@@H]2C(N)=O)cn1. The van der Waals surface area contributed by atoms with Gasteiger partial charge in [-0.25, -0.2) is 0 Å². The molecular formula is C17H18ClN5O. The number of hydrogen-bond acceptors (Lipinski definition) is 4. The van der Waals surface area contributed by atoms with Gasteiger partial charge in [-0.15, -0.1) is 0 Å². The van der Waals surface area contributed by atoms with Gasteiger partial charge < -0.3 is 5.73 Å². The molecule has 2 atom stereocenters. The second kappa shape index (κ2) is 6.63. The van der Waals surface area contributed by atoms with Gasteiger partial charge in [0.1, 0.15) is 0 Å². The number of primary amides is 1. The van der Waals surface area contributed by atoms with Crippen molar-refractivity contribution in [1.29, 1.82) is 5.26 Å². The summed E-state index contributed by atoms with van der Waals surface area (Å²) in [5.74, 6) is -0.538. The van der Waals surface area contributed by atoms with E-state index < -0.39 is 0 Å². The fourth-order valence-corrected chi connectivity index (χ4v) is 3.48. The highest BCUT2D eigenvalue weighted by Gasteiger charge is 2.38. The van der Waals surface area contributed by atoms with Crippen LogP contribution in [0.4, 0.5) is 0 Å². The second-order valence-electron chi connectivity index (χ2n) is 6.17. The van der Waals surface area contributed by atoms with Gasteiger partial charge in [0.25, 0.3) is 0 Å². The number of carbonyl (C=O) groups is 1. The molecule has 1 aromatic heterocycles. The largest absolute Gasteiger partial charge is 0.369 e. The van der Waals surface area contributed by atoms with Gasteiger partial charge in [-0.05, 0) is 23.3 Å². The first kappa shape index (κ1) is 16.5. The number of rotatable bonds is 4. The molecule has 0 bridgehead atoms. The molecule has 1 fully saturated rings. The maximum Gasteiger partial charge on any atom is 0.222 e. The van der Waals surface area contributed by atoms with Crippen LogP contribution in [-0.4, -0.2) is 33.7 Å². The number of nitrogens with zero attached hydrogens (tertiary/aromatic N) is 4. The summed E-state index contributed by atoms with van der Waals surface area (Å²) in [6.07, 6.45) is 3.71. The van der Waals surface area contributed by atoms with Crippen LogP contribution in [0.3, 0.4) is 0 Å². The van der Waals surface area contributed by atoms with Crippen molar-refractivity contribution >= 4 is 17.5 Å². The van der Waals surface area contributed by atoms with Gasteiger partial charge in [-0.3, -0.25) is 14.4 Å². The van der Waals surface area contributed by atoms with E-state index in [2.05, 4.69) is 16.1 Å². The van der Waals surface area contributed by atoms with Crippen molar-refractivity contribution < 1.29 is 4.79 Å². The summed E-state index contributed by atoms with van der Waals surface area (Å²) in [6, 6.07) is 7.47. The lowest BCUT2D eigenvalue weighted by molar-refractivity contribution is -0.121. The molecule has 1 amide bonds. The fraction of sp³-hybridized carbons (Fsp3) is 0.353. The minimum Gasteiger partial charge on any atom is -0.369 e. The molecule has 0 radical (unpaired) electrons. The molecule has 2 N–H and O–H groups in total. The van der Waals surface area contributed by atoms with Gasteiger partial charge in [0.2, 0.25) is 5.91 Å². The molecule has 1 aromatic carbocycles. The summed E-state index contributed by atoms with van der Waals surface area (Å²) in [6.45, 7) is 1.86. The molecule has 3 rings (SSSR count). The molecular weight excluding hydrogens is 326 g/mol. The molecule has 24 heavy (non-hydrogen) atoms. The number of amides is 1. The topological polar surface area (TPSA) is 87.9 Å². The van der Waals surface area contributed by atoms with E-state index in [1.807, 2.05) is 19.3 Å². The third-order valence-electron chi connectivity index (χ3n) is 4.50. The van der Waals surface area contributed by atoms with E-state index in [0.717, 1.165) is 11.1 Å². The summed E-state index contributed by atoms with van der Waals surface area (Å²) in [5, 5.41) is 14.0. The minimum absolute atomic E-state index is 0.0223. The summed E-state index contributed by atoms with van der Waals surface area (Å²) in [5.41, 5.74) is 8.07. The van der Waals surface area contributed by atoms with Crippen molar-refractivity contribution in [2.24, 2.45) is 18.7 Å². The lowest BCUT2D eigenvalue weighted by Crippen LogP contribution is -2.29. The van der Waals surface area contributed by atoms with Crippen LogP contribution >= 0.6 is 11.6 Å². The molecule has 0 saturated carbocycles. The third-order valence-corrected chi connectivity index (χ3v) is 4.74. The Morgan fingerprint density at radius 2 is 2.29 bits per heavy atom. The highest BCUT2D eigenvalue weighted by Crippen LogP contribution is 2.33. The van der Waals surface area contributed by atoms with E-state index in [-0.39, 0.29) is 17.7 Å². The Bertz CT molecular complexity index is 810. The molecule has 0 spiro atoms. The van der Waals surface area contributed by atoms with E-state index in [1.165, 1.54) is 0 Å². The number of aromatic nitrogens is 2. The second-order valence-corrected chi connectivity index (χ2v) is 6.61. The number of benzene rings is 1. The Morgan fingerprint density at radius 1 is 1.50 bits per heavy atom. The molecule has 1 saturated heterocycles. The number of likely N-dealkylation sites (tertiary alicyclic amines) is 1. The zero-order valence-corrected chi connectivity index (χ0v) is 14.1. The monoisotopic (exact) mass is 343 g/mol. The number of carbonyl (C=O) groups excluding carboxylic acids is 1. The van der Waals surface area contributed by atoms with Gasteiger partial charge in [0.05, 0.1) is 23.7 Å². The van der Waals surface area contributed by atoms with Crippen LogP contribution in [0, 0.1) is 17.2 Å². The van der Waals surface area contributed by atoms with Gasteiger partial charge in [-0.1, -0.05) is 17.7 Å². The number of nitrogens with two attached hydrogens (primary N) is 1.